The number of aromatic nitrogens is 5. The minimum atomic E-state index is -0.315. The Morgan fingerprint density at radius 1 is 1.12 bits per heavy atom. The Kier molecular flexibility index (Phi) is 3.70. The molecule has 0 N–H and O–H groups in total. The van der Waals surface area contributed by atoms with Gasteiger partial charge in [0.25, 0.3) is 5.89 Å². The fourth-order valence-electron chi connectivity index (χ4n) is 2.29. The molecule has 4 aromatic rings. The first-order chi connectivity index (χ1) is 12.2. The monoisotopic (exact) mass is 337 g/mol. The van der Waals surface area contributed by atoms with Gasteiger partial charge in [0.05, 0.1) is 19.0 Å². The summed E-state index contributed by atoms with van der Waals surface area (Å²) in [5.41, 5.74) is 1.86. The summed E-state index contributed by atoms with van der Waals surface area (Å²) in [5, 5.41) is 12.0. The number of rotatable bonds is 4. The smallest absolute Gasteiger partial charge is 0.258 e. The molecule has 0 saturated carbocycles. The lowest BCUT2D eigenvalue weighted by Crippen LogP contribution is -1.94. The maximum absolute atomic E-state index is 13.0. The maximum Gasteiger partial charge on any atom is 0.258 e. The first-order valence-corrected chi connectivity index (χ1v) is 7.40. The van der Waals surface area contributed by atoms with Crippen molar-refractivity contribution in [2.45, 2.75) is 0 Å². The van der Waals surface area contributed by atoms with Crippen molar-refractivity contribution >= 4 is 0 Å². The third-order valence-electron chi connectivity index (χ3n) is 3.56. The molecule has 124 valence electrons. The Bertz CT molecular complexity index is 1010. The number of halogens is 1. The molecule has 8 heteroatoms. The molecule has 4 rings (SSSR count). The van der Waals surface area contributed by atoms with Crippen LogP contribution in [-0.2, 0) is 0 Å². The van der Waals surface area contributed by atoms with Crippen molar-refractivity contribution in [3.8, 4) is 34.4 Å². The van der Waals surface area contributed by atoms with Crippen LogP contribution >= 0.6 is 0 Å². The quantitative estimate of drug-likeness (QED) is 0.569. The standard InChI is InChI=1S/C17H12FN5O2/c1-24-14-4-2-3-11(9-14)17-19-16(21-25-17)15-10-23(22-20-15)13-7-5-12(18)6-8-13/h2-10H,1H3. The van der Waals surface area contributed by atoms with E-state index in [0.717, 1.165) is 5.56 Å². The topological polar surface area (TPSA) is 78.9 Å². The molecule has 0 atom stereocenters. The van der Waals surface area contributed by atoms with Crippen LogP contribution in [0.25, 0.3) is 28.7 Å². The summed E-state index contributed by atoms with van der Waals surface area (Å²) in [7, 11) is 1.59. The lowest BCUT2D eigenvalue weighted by Gasteiger charge is -1.99. The van der Waals surface area contributed by atoms with E-state index < -0.39 is 0 Å². The van der Waals surface area contributed by atoms with Crippen LogP contribution in [0.2, 0.25) is 0 Å². The van der Waals surface area contributed by atoms with Gasteiger partial charge in [-0.1, -0.05) is 16.4 Å². The van der Waals surface area contributed by atoms with Crippen molar-refractivity contribution in [2.24, 2.45) is 0 Å². The van der Waals surface area contributed by atoms with Crippen LogP contribution in [0, 0.1) is 5.82 Å². The second-order valence-corrected chi connectivity index (χ2v) is 5.18. The molecule has 0 unspecified atom stereocenters. The molecule has 2 aromatic heterocycles. The van der Waals surface area contributed by atoms with Gasteiger partial charge in [0.2, 0.25) is 5.82 Å². The summed E-state index contributed by atoms with van der Waals surface area (Å²) in [4.78, 5) is 4.34. The van der Waals surface area contributed by atoms with E-state index in [2.05, 4.69) is 20.5 Å². The molecule has 2 aromatic carbocycles. The Balaban J connectivity index is 1.63. The summed E-state index contributed by atoms with van der Waals surface area (Å²) in [6.07, 6.45) is 1.65. The van der Waals surface area contributed by atoms with Crippen LogP contribution in [0.4, 0.5) is 4.39 Å². The number of benzene rings is 2. The first kappa shape index (κ1) is 15.0. The summed E-state index contributed by atoms with van der Waals surface area (Å²) in [6.45, 7) is 0. The Hall–Kier alpha value is -3.55. The SMILES string of the molecule is COc1cccc(-c2nc(-c3cn(-c4ccc(F)cc4)nn3)no2)c1. The highest BCUT2D eigenvalue weighted by Crippen LogP contribution is 2.24. The third kappa shape index (κ3) is 2.97. The minimum absolute atomic E-state index is 0.311. The molecule has 2 heterocycles. The normalized spacial score (nSPS) is 10.8. The fraction of sp³-hybridized carbons (Fsp3) is 0.0588. The van der Waals surface area contributed by atoms with Gasteiger partial charge in [-0.2, -0.15) is 4.98 Å². The summed E-state index contributed by atoms with van der Waals surface area (Å²) in [5.74, 6) is 1.04. The van der Waals surface area contributed by atoms with Gasteiger partial charge in [0.15, 0.2) is 5.69 Å². The van der Waals surface area contributed by atoms with Crippen LogP contribution in [0.5, 0.6) is 5.75 Å². The van der Waals surface area contributed by atoms with E-state index in [0.29, 0.717) is 28.8 Å². The van der Waals surface area contributed by atoms with Crippen molar-refractivity contribution in [2.75, 3.05) is 7.11 Å². The van der Waals surface area contributed by atoms with Crippen LogP contribution in [0.3, 0.4) is 0 Å². The predicted molar refractivity (Wildman–Crippen MR) is 86.6 cm³/mol. The number of ether oxygens (including phenoxy) is 1. The van der Waals surface area contributed by atoms with Crippen molar-refractivity contribution in [3.05, 3.63) is 60.5 Å². The third-order valence-corrected chi connectivity index (χ3v) is 3.56. The minimum Gasteiger partial charge on any atom is -0.497 e. The molecule has 0 aliphatic carbocycles. The van der Waals surface area contributed by atoms with Gasteiger partial charge in [-0.15, -0.1) is 5.10 Å². The van der Waals surface area contributed by atoms with E-state index in [-0.39, 0.29) is 5.82 Å². The van der Waals surface area contributed by atoms with Crippen LogP contribution < -0.4 is 4.74 Å². The number of hydrogen-bond donors (Lipinski definition) is 0. The summed E-state index contributed by atoms with van der Waals surface area (Å²) >= 11 is 0. The van der Waals surface area contributed by atoms with E-state index in [9.17, 15) is 4.39 Å². The van der Waals surface area contributed by atoms with Gasteiger partial charge < -0.3 is 9.26 Å². The average molecular weight is 337 g/mol. The molecule has 7 nitrogen and oxygen atoms in total. The van der Waals surface area contributed by atoms with Crippen LogP contribution in [-0.4, -0.2) is 32.2 Å². The zero-order valence-corrected chi connectivity index (χ0v) is 13.1. The molecule has 0 saturated heterocycles. The summed E-state index contributed by atoms with van der Waals surface area (Å²) < 4.78 is 25.0. The molecule has 0 amide bonds. The molecular formula is C17H12FN5O2. The highest BCUT2D eigenvalue weighted by atomic mass is 19.1. The van der Waals surface area contributed by atoms with Crippen molar-refractivity contribution in [1.29, 1.82) is 0 Å². The Labute approximate surface area is 141 Å². The van der Waals surface area contributed by atoms with Gasteiger partial charge >= 0.3 is 0 Å². The highest BCUT2D eigenvalue weighted by Gasteiger charge is 2.14. The van der Waals surface area contributed by atoms with Crippen molar-refractivity contribution in [1.82, 2.24) is 25.1 Å². The maximum atomic E-state index is 13.0. The van der Waals surface area contributed by atoms with Crippen LogP contribution in [0.1, 0.15) is 0 Å². The average Bonchev–Trinajstić information content (AvgIpc) is 3.32. The van der Waals surface area contributed by atoms with E-state index >= 15 is 0 Å². The number of methoxy groups -OCH3 is 1. The fourth-order valence-corrected chi connectivity index (χ4v) is 2.29. The van der Waals surface area contributed by atoms with E-state index in [1.165, 1.54) is 16.8 Å². The molecule has 0 bridgehead atoms. The molecule has 25 heavy (non-hydrogen) atoms. The van der Waals surface area contributed by atoms with Crippen molar-refractivity contribution in [3.63, 3.8) is 0 Å². The second-order valence-electron chi connectivity index (χ2n) is 5.18. The zero-order valence-electron chi connectivity index (χ0n) is 13.1. The lowest BCUT2D eigenvalue weighted by molar-refractivity contribution is 0.413. The van der Waals surface area contributed by atoms with Gasteiger partial charge in [0, 0.05) is 5.56 Å². The van der Waals surface area contributed by atoms with Gasteiger partial charge in [-0.3, -0.25) is 0 Å². The molecule has 0 radical (unpaired) electrons. The zero-order chi connectivity index (χ0) is 17.2. The van der Waals surface area contributed by atoms with E-state index in [4.69, 9.17) is 9.26 Å². The van der Waals surface area contributed by atoms with Gasteiger partial charge in [-0.05, 0) is 42.5 Å². The van der Waals surface area contributed by atoms with Crippen molar-refractivity contribution < 1.29 is 13.7 Å². The molecule has 0 aliphatic rings. The second kappa shape index (κ2) is 6.16. The number of hydrogen-bond acceptors (Lipinski definition) is 6. The lowest BCUT2D eigenvalue weighted by atomic mass is 10.2. The molecule has 0 spiro atoms. The highest BCUT2D eigenvalue weighted by molar-refractivity contribution is 5.58. The van der Waals surface area contributed by atoms with Gasteiger partial charge in [0.1, 0.15) is 11.6 Å². The van der Waals surface area contributed by atoms with Gasteiger partial charge in [-0.25, -0.2) is 9.07 Å². The predicted octanol–water partition coefficient (Wildman–Crippen LogP) is 3.13. The van der Waals surface area contributed by atoms with Crippen LogP contribution in [0.15, 0.2) is 59.3 Å². The van der Waals surface area contributed by atoms with E-state index in [1.807, 2.05) is 18.2 Å². The summed E-state index contributed by atoms with van der Waals surface area (Å²) in [6, 6.07) is 13.2. The molecular weight excluding hydrogens is 325 g/mol. The molecule has 0 fully saturated rings. The first-order valence-electron chi connectivity index (χ1n) is 7.40. The largest absolute Gasteiger partial charge is 0.497 e. The number of nitrogens with zero attached hydrogens (tertiary/aromatic N) is 5. The Morgan fingerprint density at radius 2 is 1.96 bits per heavy atom. The van der Waals surface area contributed by atoms with E-state index in [1.54, 1.807) is 31.5 Å². The molecule has 0 aliphatic heterocycles. The Morgan fingerprint density at radius 3 is 2.76 bits per heavy atom.